The Kier molecular flexibility index (Phi) is 7.01. The van der Waals surface area contributed by atoms with E-state index in [1.807, 2.05) is 0 Å². The first-order valence-corrected chi connectivity index (χ1v) is 9.58. The van der Waals surface area contributed by atoms with Crippen LogP contribution in [0.25, 0.3) is 0 Å². The number of hydrogen-bond donors (Lipinski definition) is 5. The second kappa shape index (κ2) is 9.20. The van der Waals surface area contributed by atoms with Gasteiger partial charge in [0.25, 0.3) is 0 Å². The van der Waals surface area contributed by atoms with Crippen LogP contribution in [0.2, 0.25) is 0 Å². The number of carbonyl (C=O) groups excluding carboxylic acids is 2. The van der Waals surface area contributed by atoms with Gasteiger partial charge in [-0.1, -0.05) is 12.2 Å². The number of rotatable bonds is 6. The minimum Gasteiger partial charge on any atom is -0.471 e. The number of fused-ring (bicyclic) bond motifs is 1. The number of allylic oxidation sites excluding steroid dienone is 1. The molecule has 0 aromatic rings. The molecule has 0 aromatic heterocycles. The second-order valence-electron chi connectivity index (χ2n) is 7.58. The highest BCUT2D eigenvalue weighted by molar-refractivity contribution is 5.89. The van der Waals surface area contributed by atoms with Crippen molar-refractivity contribution in [3.8, 4) is 0 Å². The maximum absolute atomic E-state index is 12.1. The van der Waals surface area contributed by atoms with Gasteiger partial charge < -0.3 is 49.2 Å². The van der Waals surface area contributed by atoms with Gasteiger partial charge in [0, 0.05) is 12.8 Å². The molecule has 31 heavy (non-hydrogen) atoms. The van der Waals surface area contributed by atoms with Crippen LogP contribution in [-0.4, -0.2) is 100 Å². The number of ether oxygens (including phenoxy) is 5. The molecule has 174 valence electrons. The number of carbonyl (C=O) groups is 2. The van der Waals surface area contributed by atoms with E-state index in [0.717, 1.165) is 6.26 Å². The Labute approximate surface area is 177 Å². The van der Waals surface area contributed by atoms with Crippen LogP contribution in [0.15, 0.2) is 24.0 Å². The molecular formula is C19H26O12. The lowest BCUT2D eigenvalue weighted by Crippen LogP contribution is -2.61. The molecule has 12 heteroatoms. The quantitative estimate of drug-likeness (QED) is 0.211. The normalized spacial score (nSPS) is 41.7. The molecule has 0 bridgehead atoms. The number of methoxy groups -OCH3 is 1. The summed E-state index contributed by atoms with van der Waals surface area (Å²) < 4.78 is 26.2. The number of aliphatic hydroxyl groups excluding tert-OH is 4. The summed E-state index contributed by atoms with van der Waals surface area (Å²) in [6, 6.07) is 0. The van der Waals surface area contributed by atoms with Gasteiger partial charge in [0.05, 0.1) is 31.5 Å². The van der Waals surface area contributed by atoms with Crippen LogP contribution in [0.4, 0.5) is 0 Å². The van der Waals surface area contributed by atoms with E-state index in [-0.39, 0.29) is 5.57 Å². The molecular weight excluding hydrogens is 420 g/mol. The third kappa shape index (κ3) is 4.46. The zero-order chi connectivity index (χ0) is 22.9. The summed E-state index contributed by atoms with van der Waals surface area (Å²) in [5.74, 6) is -3.13. The summed E-state index contributed by atoms with van der Waals surface area (Å²) in [6.45, 7) is 0.0394. The van der Waals surface area contributed by atoms with E-state index >= 15 is 0 Å². The second-order valence-corrected chi connectivity index (χ2v) is 7.58. The Morgan fingerprint density at radius 2 is 1.87 bits per heavy atom. The van der Waals surface area contributed by atoms with Gasteiger partial charge in [0.1, 0.15) is 36.6 Å². The van der Waals surface area contributed by atoms with E-state index < -0.39 is 79.6 Å². The molecule has 9 unspecified atom stereocenters. The summed E-state index contributed by atoms with van der Waals surface area (Å²) in [5, 5.41) is 50.6. The molecule has 0 radical (unpaired) electrons. The SMILES string of the molecule is COC(=O)C1=COC(OC2OC(CO)C(O)C(O)C2O)C2C1C=CC2(O)COC(C)=O. The first kappa shape index (κ1) is 23.6. The van der Waals surface area contributed by atoms with E-state index in [9.17, 15) is 35.1 Å². The Hall–Kier alpha value is -2.06. The molecule has 0 amide bonds. The molecule has 3 aliphatic rings. The third-order valence-electron chi connectivity index (χ3n) is 5.58. The van der Waals surface area contributed by atoms with Crippen molar-refractivity contribution in [2.24, 2.45) is 11.8 Å². The Morgan fingerprint density at radius 1 is 1.16 bits per heavy atom. The molecule has 9 atom stereocenters. The molecule has 5 N–H and O–H groups in total. The van der Waals surface area contributed by atoms with Crippen molar-refractivity contribution in [2.75, 3.05) is 20.3 Å². The molecule has 3 rings (SSSR count). The maximum atomic E-state index is 12.1. The van der Waals surface area contributed by atoms with Crippen LogP contribution in [0.5, 0.6) is 0 Å². The summed E-state index contributed by atoms with van der Waals surface area (Å²) in [4.78, 5) is 23.4. The molecule has 2 heterocycles. The number of hydrogen-bond acceptors (Lipinski definition) is 12. The largest absolute Gasteiger partial charge is 0.471 e. The van der Waals surface area contributed by atoms with Crippen molar-refractivity contribution in [2.45, 2.75) is 49.5 Å². The number of esters is 2. The summed E-state index contributed by atoms with van der Waals surface area (Å²) in [7, 11) is 1.18. The molecule has 12 nitrogen and oxygen atoms in total. The zero-order valence-electron chi connectivity index (χ0n) is 16.9. The number of aliphatic hydroxyl groups is 5. The van der Waals surface area contributed by atoms with Gasteiger partial charge in [-0.3, -0.25) is 4.79 Å². The fourth-order valence-electron chi connectivity index (χ4n) is 3.91. The van der Waals surface area contributed by atoms with Gasteiger partial charge in [-0.25, -0.2) is 4.79 Å². The topological polar surface area (TPSA) is 181 Å². The standard InChI is InChI=1S/C19H26O12/c1-8(21)29-7-19(26)4-3-9-10(16(25)27-2)6-28-17(12(9)19)31-18-15(24)14(23)13(22)11(5-20)30-18/h3-4,6,9,11-15,17-18,20,22-24,26H,5,7H2,1-2H3. The van der Waals surface area contributed by atoms with Crippen molar-refractivity contribution in [3.63, 3.8) is 0 Å². The van der Waals surface area contributed by atoms with E-state index in [1.54, 1.807) is 0 Å². The van der Waals surface area contributed by atoms with Crippen molar-refractivity contribution in [1.82, 2.24) is 0 Å². The maximum Gasteiger partial charge on any atom is 0.337 e. The van der Waals surface area contributed by atoms with Crippen LogP contribution >= 0.6 is 0 Å². The Bertz CT molecular complexity index is 748. The van der Waals surface area contributed by atoms with Crippen LogP contribution in [0.1, 0.15) is 6.92 Å². The lowest BCUT2D eigenvalue weighted by molar-refractivity contribution is -0.346. The predicted octanol–water partition coefficient (Wildman–Crippen LogP) is -2.69. The van der Waals surface area contributed by atoms with Crippen molar-refractivity contribution < 1.29 is 58.8 Å². The molecule has 1 aliphatic carbocycles. The average molecular weight is 446 g/mol. The van der Waals surface area contributed by atoms with Gasteiger partial charge >= 0.3 is 11.9 Å². The van der Waals surface area contributed by atoms with Crippen LogP contribution in [0, 0.1) is 11.8 Å². The van der Waals surface area contributed by atoms with Gasteiger partial charge in [0.15, 0.2) is 6.29 Å². The first-order chi connectivity index (χ1) is 14.6. The lowest BCUT2D eigenvalue weighted by Gasteiger charge is -2.44. The van der Waals surface area contributed by atoms with Crippen LogP contribution in [0.3, 0.4) is 0 Å². The fraction of sp³-hybridized carbons (Fsp3) is 0.684. The summed E-state index contributed by atoms with van der Waals surface area (Å²) in [6.07, 6.45) is -5.12. The molecule has 1 saturated heterocycles. The summed E-state index contributed by atoms with van der Waals surface area (Å²) >= 11 is 0. The highest BCUT2D eigenvalue weighted by Gasteiger charge is 2.56. The highest BCUT2D eigenvalue weighted by Crippen LogP contribution is 2.46. The summed E-state index contributed by atoms with van der Waals surface area (Å²) in [5.41, 5.74) is -1.72. The lowest BCUT2D eigenvalue weighted by atomic mass is 9.79. The fourth-order valence-corrected chi connectivity index (χ4v) is 3.91. The average Bonchev–Trinajstić information content (AvgIpc) is 3.10. The van der Waals surface area contributed by atoms with Gasteiger partial charge in [0.2, 0.25) is 6.29 Å². The van der Waals surface area contributed by atoms with Crippen molar-refractivity contribution >= 4 is 11.9 Å². The van der Waals surface area contributed by atoms with E-state index in [0.29, 0.717) is 0 Å². The minimum atomic E-state index is -1.80. The zero-order valence-corrected chi connectivity index (χ0v) is 16.9. The van der Waals surface area contributed by atoms with Gasteiger partial charge in [-0.2, -0.15) is 0 Å². The van der Waals surface area contributed by atoms with Crippen LogP contribution < -0.4 is 0 Å². The van der Waals surface area contributed by atoms with E-state index in [2.05, 4.69) is 0 Å². The van der Waals surface area contributed by atoms with Gasteiger partial charge in [-0.05, 0) is 0 Å². The highest BCUT2D eigenvalue weighted by atomic mass is 16.8. The minimum absolute atomic E-state index is 0.0798. The van der Waals surface area contributed by atoms with Crippen molar-refractivity contribution in [1.29, 1.82) is 0 Å². The van der Waals surface area contributed by atoms with Crippen LogP contribution in [-0.2, 0) is 33.3 Å². The van der Waals surface area contributed by atoms with E-state index in [4.69, 9.17) is 23.7 Å². The predicted molar refractivity (Wildman–Crippen MR) is 97.5 cm³/mol. The monoisotopic (exact) mass is 446 g/mol. The third-order valence-corrected chi connectivity index (χ3v) is 5.58. The van der Waals surface area contributed by atoms with Gasteiger partial charge in [-0.15, -0.1) is 0 Å². The first-order valence-electron chi connectivity index (χ1n) is 9.58. The molecule has 0 spiro atoms. The smallest absolute Gasteiger partial charge is 0.337 e. The van der Waals surface area contributed by atoms with Crippen molar-refractivity contribution in [3.05, 3.63) is 24.0 Å². The Balaban J connectivity index is 1.87. The molecule has 0 saturated carbocycles. The van der Waals surface area contributed by atoms with E-state index in [1.165, 1.54) is 26.2 Å². The Morgan fingerprint density at radius 3 is 2.48 bits per heavy atom. The molecule has 0 aromatic carbocycles. The molecule has 1 fully saturated rings. The molecule has 2 aliphatic heterocycles.